The second-order valence-corrected chi connectivity index (χ2v) is 10.2. The molecule has 0 radical (unpaired) electrons. The van der Waals surface area contributed by atoms with E-state index in [1.54, 1.807) is 28.3 Å². The van der Waals surface area contributed by atoms with Crippen LogP contribution in [0.15, 0.2) is 35.2 Å². The van der Waals surface area contributed by atoms with Crippen molar-refractivity contribution in [1.82, 2.24) is 19.0 Å². The van der Waals surface area contributed by atoms with E-state index in [1.165, 1.54) is 4.31 Å². The molecule has 2 aromatic rings. The minimum atomic E-state index is -3.68. The molecule has 1 aromatic heterocycles. The first-order valence-electron chi connectivity index (χ1n) is 10.9. The summed E-state index contributed by atoms with van der Waals surface area (Å²) in [7, 11) is -3.68. The molecule has 9 nitrogen and oxygen atoms in total. The summed E-state index contributed by atoms with van der Waals surface area (Å²) in [4.78, 5) is 29.1. The molecule has 3 heterocycles. The number of aryl methyl sites for hydroxylation is 2. The highest BCUT2D eigenvalue weighted by Crippen LogP contribution is 2.28. The normalized spacial score (nSPS) is 20.2. The summed E-state index contributed by atoms with van der Waals surface area (Å²) in [6.07, 6.45) is 0.181. The highest BCUT2D eigenvalue weighted by molar-refractivity contribution is 7.89. The van der Waals surface area contributed by atoms with Crippen LogP contribution < -0.4 is 4.90 Å². The Morgan fingerprint density at radius 3 is 2.34 bits per heavy atom. The lowest BCUT2D eigenvalue weighted by Crippen LogP contribution is -2.52. The highest BCUT2D eigenvalue weighted by Gasteiger charge is 2.39. The molecular formula is C22H29N5O4S. The van der Waals surface area contributed by atoms with Gasteiger partial charge in [0.25, 0.3) is 0 Å². The fourth-order valence-electron chi connectivity index (χ4n) is 4.63. The van der Waals surface area contributed by atoms with Crippen LogP contribution in [-0.4, -0.2) is 71.9 Å². The summed E-state index contributed by atoms with van der Waals surface area (Å²) in [5.74, 6) is -0.548. The molecule has 1 aromatic carbocycles. The molecule has 2 fully saturated rings. The molecule has 0 bridgehead atoms. The lowest BCUT2D eigenvalue weighted by atomic mass is 10.1. The van der Waals surface area contributed by atoms with E-state index in [9.17, 15) is 18.0 Å². The van der Waals surface area contributed by atoms with Crippen molar-refractivity contribution in [2.75, 3.05) is 37.6 Å². The number of hydrogen-bond donors (Lipinski definition) is 0. The Morgan fingerprint density at radius 2 is 1.75 bits per heavy atom. The number of nitrogens with zero attached hydrogens (tertiary/aromatic N) is 5. The molecule has 0 saturated carbocycles. The number of benzene rings is 1. The number of carbonyl (C=O) groups is 2. The van der Waals surface area contributed by atoms with E-state index in [1.807, 2.05) is 37.3 Å². The molecule has 2 saturated heterocycles. The first-order chi connectivity index (χ1) is 15.2. The van der Waals surface area contributed by atoms with Crippen LogP contribution in [0, 0.1) is 19.8 Å². The van der Waals surface area contributed by atoms with Crippen molar-refractivity contribution in [3.05, 3.63) is 41.7 Å². The Hall–Kier alpha value is -2.72. The summed E-state index contributed by atoms with van der Waals surface area (Å²) < 4.78 is 29.6. The number of carbonyl (C=O) groups excluding carboxylic acids is 2. The van der Waals surface area contributed by atoms with E-state index < -0.39 is 15.9 Å². The molecule has 2 aliphatic rings. The van der Waals surface area contributed by atoms with Gasteiger partial charge in [-0.2, -0.15) is 9.40 Å². The molecule has 32 heavy (non-hydrogen) atoms. The maximum Gasteiger partial charge on any atom is 0.246 e. The molecule has 1 atom stereocenters. The topological polar surface area (TPSA) is 95.8 Å². The van der Waals surface area contributed by atoms with Crippen molar-refractivity contribution in [3.63, 3.8) is 0 Å². The van der Waals surface area contributed by atoms with Crippen molar-refractivity contribution in [2.45, 2.75) is 38.6 Å². The lowest BCUT2D eigenvalue weighted by Gasteiger charge is -2.35. The monoisotopic (exact) mass is 459 g/mol. The van der Waals surface area contributed by atoms with Crippen LogP contribution in [0.2, 0.25) is 0 Å². The summed E-state index contributed by atoms with van der Waals surface area (Å²) in [6.45, 7) is 7.45. The second-order valence-electron chi connectivity index (χ2n) is 8.29. The predicted molar refractivity (Wildman–Crippen MR) is 120 cm³/mol. The van der Waals surface area contributed by atoms with Crippen LogP contribution >= 0.6 is 0 Å². The summed E-state index contributed by atoms with van der Waals surface area (Å²) in [5, 5.41) is 4.33. The van der Waals surface area contributed by atoms with Gasteiger partial charge >= 0.3 is 0 Å². The van der Waals surface area contributed by atoms with Gasteiger partial charge in [-0.1, -0.05) is 18.2 Å². The van der Waals surface area contributed by atoms with Gasteiger partial charge in [-0.25, -0.2) is 8.42 Å². The number of piperazine rings is 1. The SMILES string of the molecule is CCn1nc(C)c(S(=O)(=O)N2CCN(C(=O)[C@H]3CC(=O)N(c4ccccc4)C3)CC2)c1C. The molecule has 0 unspecified atom stereocenters. The van der Waals surface area contributed by atoms with Gasteiger partial charge in [-0.05, 0) is 32.9 Å². The third kappa shape index (κ3) is 3.93. The first-order valence-corrected chi connectivity index (χ1v) is 12.4. The molecule has 10 heteroatoms. The summed E-state index contributed by atoms with van der Waals surface area (Å²) in [6, 6.07) is 9.34. The van der Waals surface area contributed by atoms with Crippen LogP contribution in [-0.2, 0) is 26.2 Å². The summed E-state index contributed by atoms with van der Waals surface area (Å²) >= 11 is 0. The number of anilines is 1. The maximum absolute atomic E-state index is 13.3. The van der Waals surface area contributed by atoms with Crippen molar-refractivity contribution >= 4 is 27.5 Å². The van der Waals surface area contributed by atoms with Crippen LogP contribution in [0.3, 0.4) is 0 Å². The van der Waals surface area contributed by atoms with Crippen molar-refractivity contribution in [3.8, 4) is 0 Å². The number of rotatable bonds is 5. The fourth-order valence-corrected chi connectivity index (χ4v) is 6.42. The molecule has 0 N–H and O–H groups in total. The predicted octanol–water partition coefficient (Wildman–Crippen LogP) is 1.41. The molecular weight excluding hydrogens is 430 g/mol. The molecule has 4 rings (SSSR count). The standard InChI is InChI=1S/C22H29N5O4S/c1-4-27-17(3)21(16(2)23-27)32(30,31)25-12-10-24(11-13-25)22(29)18-14-20(28)26(15-18)19-8-6-5-7-9-19/h5-9,18H,4,10-15H2,1-3H3/t18-/m0/s1. The van der Waals surface area contributed by atoms with Gasteiger partial charge in [-0.15, -0.1) is 0 Å². The van der Waals surface area contributed by atoms with Gasteiger partial charge in [0.1, 0.15) is 4.90 Å². The summed E-state index contributed by atoms with van der Waals surface area (Å²) in [5.41, 5.74) is 1.92. The zero-order valence-corrected chi connectivity index (χ0v) is 19.5. The van der Waals surface area contributed by atoms with Crippen molar-refractivity contribution in [1.29, 1.82) is 0 Å². The molecule has 2 amide bonds. The quantitative estimate of drug-likeness (QED) is 0.674. The minimum absolute atomic E-state index is 0.0605. The average Bonchev–Trinajstić information content (AvgIpc) is 3.32. The van der Waals surface area contributed by atoms with Gasteiger partial charge < -0.3 is 9.80 Å². The van der Waals surface area contributed by atoms with Crippen LogP contribution in [0.4, 0.5) is 5.69 Å². The third-order valence-electron chi connectivity index (χ3n) is 6.30. The number of aromatic nitrogens is 2. The minimum Gasteiger partial charge on any atom is -0.340 e. The Morgan fingerprint density at radius 1 is 1.09 bits per heavy atom. The average molecular weight is 460 g/mol. The van der Waals surface area contributed by atoms with E-state index in [0.29, 0.717) is 37.6 Å². The zero-order valence-electron chi connectivity index (χ0n) is 18.7. The third-order valence-corrected chi connectivity index (χ3v) is 8.46. The van der Waals surface area contributed by atoms with E-state index in [4.69, 9.17) is 0 Å². The van der Waals surface area contributed by atoms with Gasteiger partial charge in [0.15, 0.2) is 0 Å². The van der Waals surface area contributed by atoms with E-state index >= 15 is 0 Å². The van der Waals surface area contributed by atoms with E-state index in [0.717, 1.165) is 5.69 Å². The first kappa shape index (κ1) is 22.5. The Labute approximate surface area is 188 Å². The Balaban J connectivity index is 1.41. The smallest absolute Gasteiger partial charge is 0.246 e. The molecule has 0 aliphatic carbocycles. The van der Waals surface area contributed by atoms with Gasteiger partial charge in [0.2, 0.25) is 21.8 Å². The highest BCUT2D eigenvalue weighted by atomic mass is 32.2. The molecule has 172 valence electrons. The van der Waals surface area contributed by atoms with Crippen LogP contribution in [0.1, 0.15) is 24.7 Å². The van der Waals surface area contributed by atoms with Crippen molar-refractivity contribution < 1.29 is 18.0 Å². The van der Waals surface area contributed by atoms with Gasteiger partial charge in [0.05, 0.1) is 17.3 Å². The maximum atomic E-state index is 13.3. The van der Waals surface area contributed by atoms with Crippen LogP contribution in [0.25, 0.3) is 0 Å². The number of amides is 2. The lowest BCUT2D eigenvalue weighted by molar-refractivity contribution is -0.136. The van der Waals surface area contributed by atoms with E-state index in [2.05, 4.69) is 5.10 Å². The fraction of sp³-hybridized carbons (Fsp3) is 0.500. The Kier molecular flexibility index (Phi) is 6.09. The van der Waals surface area contributed by atoms with E-state index in [-0.39, 0.29) is 36.2 Å². The molecule has 0 spiro atoms. The van der Waals surface area contributed by atoms with Crippen LogP contribution in [0.5, 0.6) is 0 Å². The Bertz CT molecular complexity index is 1120. The largest absolute Gasteiger partial charge is 0.340 e. The number of sulfonamides is 1. The zero-order chi connectivity index (χ0) is 23.0. The van der Waals surface area contributed by atoms with Gasteiger partial charge in [0, 0.05) is 51.4 Å². The van der Waals surface area contributed by atoms with Gasteiger partial charge in [-0.3, -0.25) is 14.3 Å². The number of para-hydroxylation sites is 1. The van der Waals surface area contributed by atoms with Crippen molar-refractivity contribution in [2.24, 2.45) is 5.92 Å². The second kappa shape index (κ2) is 8.67. The number of hydrogen-bond acceptors (Lipinski definition) is 5. The molecule has 2 aliphatic heterocycles.